The average Bonchev–Trinajstić information content (AvgIpc) is 3.11. The summed E-state index contributed by atoms with van der Waals surface area (Å²) in [6.07, 6.45) is 4.08. The van der Waals surface area contributed by atoms with Crippen LogP contribution in [0.2, 0.25) is 0 Å². The molecule has 0 radical (unpaired) electrons. The standard InChI is InChI=1S/C18H21NO2/c1-13-5-7-16(11-15(13)4-2-3-9-20)18(21)19-12-14-6-8-17(19)10-14/h5,7,11,14,17,20H,3,6,8-10,12H2,1H3. The van der Waals surface area contributed by atoms with Crippen molar-refractivity contribution in [2.24, 2.45) is 5.92 Å². The summed E-state index contributed by atoms with van der Waals surface area (Å²) in [5.74, 6) is 6.84. The lowest BCUT2D eigenvalue weighted by atomic mass is 10.0. The Morgan fingerprint density at radius 3 is 2.95 bits per heavy atom. The number of hydrogen-bond acceptors (Lipinski definition) is 2. The predicted molar refractivity (Wildman–Crippen MR) is 81.9 cm³/mol. The number of benzene rings is 1. The van der Waals surface area contributed by atoms with Gasteiger partial charge in [0.25, 0.3) is 5.91 Å². The lowest BCUT2D eigenvalue weighted by molar-refractivity contribution is 0.0703. The Bertz CT molecular complexity index is 611. The second kappa shape index (κ2) is 5.91. The first-order valence-corrected chi connectivity index (χ1v) is 7.70. The zero-order valence-corrected chi connectivity index (χ0v) is 12.4. The van der Waals surface area contributed by atoms with E-state index in [1.165, 1.54) is 12.8 Å². The number of aliphatic hydroxyl groups excluding tert-OH is 1. The maximum atomic E-state index is 12.7. The Hall–Kier alpha value is -1.79. The third kappa shape index (κ3) is 2.82. The maximum Gasteiger partial charge on any atom is 0.254 e. The van der Waals surface area contributed by atoms with E-state index in [-0.39, 0.29) is 12.5 Å². The second-order valence-electron chi connectivity index (χ2n) is 6.10. The van der Waals surface area contributed by atoms with Crippen LogP contribution in [0.25, 0.3) is 0 Å². The van der Waals surface area contributed by atoms with Crippen LogP contribution < -0.4 is 0 Å². The first-order chi connectivity index (χ1) is 10.2. The van der Waals surface area contributed by atoms with Gasteiger partial charge in [0.15, 0.2) is 0 Å². The second-order valence-corrected chi connectivity index (χ2v) is 6.10. The third-order valence-corrected chi connectivity index (χ3v) is 4.61. The van der Waals surface area contributed by atoms with Gasteiger partial charge in [-0.1, -0.05) is 17.9 Å². The van der Waals surface area contributed by atoms with Crippen molar-refractivity contribution in [3.05, 3.63) is 34.9 Å². The molecule has 21 heavy (non-hydrogen) atoms. The van der Waals surface area contributed by atoms with Crippen LogP contribution in [0.3, 0.4) is 0 Å². The summed E-state index contributed by atoms with van der Waals surface area (Å²) in [4.78, 5) is 14.7. The van der Waals surface area contributed by atoms with Crippen LogP contribution in [-0.2, 0) is 0 Å². The Kier molecular flexibility index (Phi) is 3.98. The van der Waals surface area contributed by atoms with Crippen molar-refractivity contribution in [1.29, 1.82) is 0 Å². The molecule has 1 aliphatic heterocycles. The molecule has 0 aromatic heterocycles. The lowest BCUT2D eigenvalue weighted by Crippen LogP contribution is -2.37. The smallest absolute Gasteiger partial charge is 0.254 e. The molecule has 3 heteroatoms. The molecule has 1 amide bonds. The SMILES string of the molecule is Cc1ccc(C(=O)N2CC3CCC2C3)cc1C#CCCO. The maximum absolute atomic E-state index is 12.7. The molecule has 1 saturated carbocycles. The van der Waals surface area contributed by atoms with Gasteiger partial charge >= 0.3 is 0 Å². The molecule has 3 rings (SSSR count). The van der Waals surface area contributed by atoms with Crippen molar-refractivity contribution in [1.82, 2.24) is 4.90 Å². The van der Waals surface area contributed by atoms with Crippen LogP contribution in [0.5, 0.6) is 0 Å². The van der Waals surface area contributed by atoms with Gasteiger partial charge < -0.3 is 10.0 Å². The molecular weight excluding hydrogens is 262 g/mol. The molecule has 1 N–H and O–H groups in total. The zero-order valence-electron chi connectivity index (χ0n) is 12.4. The van der Waals surface area contributed by atoms with E-state index in [2.05, 4.69) is 11.8 Å². The monoisotopic (exact) mass is 283 g/mol. The highest BCUT2D eigenvalue weighted by atomic mass is 16.2. The van der Waals surface area contributed by atoms with E-state index in [1.54, 1.807) is 0 Å². The fourth-order valence-corrected chi connectivity index (χ4v) is 3.44. The van der Waals surface area contributed by atoms with E-state index < -0.39 is 0 Å². The van der Waals surface area contributed by atoms with E-state index in [1.807, 2.05) is 30.0 Å². The number of nitrogens with zero attached hydrogens (tertiary/aromatic N) is 1. The third-order valence-electron chi connectivity index (χ3n) is 4.61. The lowest BCUT2D eigenvalue weighted by Gasteiger charge is -2.27. The minimum Gasteiger partial charge on any atom is -0.395 e. The van der Waals surface area contributed by atoms with Crippen molar-refractivity contribution in [3.63, 3.8) is 0 Å². The Balaban J connectivity index is 1.81. The molecule has 1 heterocycles. The molecule has 1 aromatic carbocycles. The van der Waals surface area contributed by atoms with Crippen molar-refractivity contribution in [2.75, 3.05) is 13.2 Å². The number of fused-ring (bicyclic) bond motifs is 2. The number of carbonyl (C=O) groups excluding carboxylic acids is 1. The first kappa shape index (κ1) is 14.2. The molecule has 0 spiro atoms. The minimum atomic E-state index is 0.0709. The summed E-state index contributed by atoms with van der Waals surface area (Å²) >= 11 is 0. The van der Waals surface area contributed by atoms with Gasteiger partial charge in [0, 0.05) is 30.1 Å². The van der Waals surface area contributed by atoms with Crippen LogP contribution in [0.4, 0.5) is 0 Å². The average molecular weight is 283 g/mol. The molecule has 110 valence electrons. The van der Waals surface area contributed by atoms with Crippen LogP contribution in [0, 0.1) is 24.7 Å². The fraction of sp³-hybridized carbons (Fsp3) is 0.500. The van der Waals surface area contributed by atoms with Crippen LogP contribution in [-0.4, -0.2) is 35.1 Å². The van der Waals surface area contributed by atoms with Crippen LogP contribution in [0.1, 0.15) is 47.2 Å². The van der Waals surface area contributed by atoms with Gasteiger partial charge in [-0.25, -0.2) is 0 Å². The van der Waals surface area contributed by atoms with Crippen molar-refractivity contribution < 1.29 is 9.90 Å². The fourth-order valence-electron chi connectivity index (χ4n) is 3.44. The molecule has 1 aliphatic carbocycles. The Morgan fingerprint density at radius 2 is 2.29 bits per heavy atom. The van der Waals surface area contributed by atoms with E-state index in [0.717, 1.165) is 29.7 Å². The van der Waals surface area contributed by atoms with E-state index >= 15 is 0 Å². The van der Waals surface area contributed by atoms with E-state index in [9.17, 15) is 4.79 Å². The van der Waals surface area contributed by atoms with Crippen LogP contribution >= 0.6 is 0 Å². The number of likely N-dealkylation sites (tertiary alicyclic amines) is 1. The largest absolute Gasteiger partial charge is 0.395 e. The number of aliphatic hydroxyl groups is 1. The topological polar surface area (TPSA) is 40.5 Å². The normalized spacial score (nSPS) is 23.0. The molecule has 1 aromatic rings. The Morgan fingerprint density at radius 1 is 1.43 bits per heavy atom. The predicted octanol–water partition coefficient (Wildman–Crippen LogP) is 2.35. The molecule has 3 nitrogen and oxygen atoms in total. The van der Waals surface area contributed by atoms with E-state index in [4.69, 9.17) is 5.11 Å². The van der Waals surface area contributed by atoms with Gasteiger partial charge in [0.05, 0.1) is 6.61 Å². The number of piperidine rings is 1. The van der Waals surface area contributed by atoms with E-state index in [0.29, 0.717) is 18.4 Å². The summed E-state index contributed by atoms with van der Waals surface area (Å²) < 4.78 is 0. The number of aryl methyl sites for hydroxylation is 1. The van der Waals surface area contributed by atoms with Crippen molar-refractivity contribution >= 4 is 5.91 Å². The van der Waals surface area contributed by atoms with Gasteiger partial charge in [-0.05, 0) is 49.8 Å². The number of amides is 1. The number of rotatable bonds is 2. The summed E-state index contributed by atoms with van der Waals surface area (Å²) in [5.41, 5.74) is 2.69. The van der Waals surface area contributed by atoms with Crippen LogP contribution in [0.15, 0.2) is 18.2 Å². The van der Waals surface area contributed by atoms with Gasteiger partial charge in [-0.2, -0.15) is 0 Å². The van der Waals surface area contributed by atoms with Gasteiger partial charge in [0.1, 0.15) is 0 Å². The summed E-state index contributed by atoms with van der Waals surface area (Å²) in [6, 6.07) is 6.21. The summed E-state index contributed by atoms with van der Waals surface area (Å²) in [5, 5.41) is 8.80. The zero-order chi connectivity index (χ0) is 14.8. The molecule has 2 fully saturated rings. The highest BCUT2D eigenvalue weighted by molar-refractivity contribution is 5.95. The number of carbonyl (C=O) groups is 1. The minimum absolute atomic E-state index is 0.0709. The number of hydrogen-bond donors (Lipinski definition) is 1. The highest BCUT2D eigenvalue weighted by Gasteiger charge is 2.40. The van der Waals surface area contributed by atoms with Crippen molar-refractivity contribution in [3.8, 4) is 11.8 Å². The quantitative estimate of drug-likeness (QED) is 0.846. The first-order valence-electron chi connectivity index (χ1n) is 7.70. The van der Waals surface area contributed by atoms with Gasteiger partial charge in [-0.3, -0.25) is 4.79 Å². The molecular formula is C18H21NO2. The summed E-state index contributed by atoms with van der Waals surface area (Å²) in [7, 11) is 0. The summed E-state index contributed by atoms with van der Waals surface area (Å²) in [6.45, 7) is 2.99. The molecule has 2 bridgehead atoms. The molecule has 2 unspecified atom stereocenters. The van der Waals surface area contributed by atoms with Crippen molar-refractivity contribution in [2.45, 2.75) is 38.6 Å². The molecule has 2 atom stereocenters. The van der Waals surface area contributed by atoms with Gasteiger partial charge in [-0.15, -0.1) is 0 Å². The Labute approximate surface area is 126 Å². The molecule has 2 aliphatic rings. The van der Waals surface area contributed by atoms with Gasteiger partial charge in [0.2, 0.25) is 0 Å². The molecule has 1 saturated heterocycles. The highest BCUT2D eigenvalue weighted by Crippen LogP contribution is 2.38.